The van der Waals surface area contributed by atoms with Crippen molar-refractivity contribution >= 4 is 15.9 Å². The summed E-state index contributed by atoms with van der Waals surface area (Å²) in [7, 11) is 0. The van der Waals surface area contributed by atoms with Gasteiger partial charge in [0, 0.05) is 16.6 Å². The summed E-state index contributed by atoms with van der Waals surface area (Å²) in [5.74, 6) is 0.743. The molecule has 0 unspecified atom stereocenters. The number of ether oxygens (including phenoxy) is 1. The largest absolute Gasteiger partial charge is 0.491 e. The van der Waals surface area contributed by atoms with E-state index in [-0.39, 0.29) is 11.9 Å². The molecule has 2 aromatic carbocycles. The average molecular weight is 366 g/mol. The third-order valence-corrected chi connectivity index (χ3v) is 3.72. The third-order valence-electron chi connectivity index (χ3n) is 3.23. The minimum Gasteiger partial charge on any atom is -0.491 e. The molecule has 0 saturated heterocycles. The van der Waals surface area contributed by atoms with Gasteiger partial charge in [0.1, 0.15) is 11.6 Å². The molecule has 2 rings (SSSR count). The SMILES string of the molecule is CC(C)Oc1ccc(Br)cc1CNCCc1ccccc1F. The van der Waals surface area contributed by atoms with Crippen molar-refractivity contribution in [1.82, 2.24) is 5.32 Å². The van der Waals surface area contributed by atoms with Gasteiger partial charge in [0.05, 0.1) is 6.10 Å². The zero-order valence-corrected chi connectivity index (χ0v) is 14.5. The Bertz CT molecular complexity index is 616. The molecule has 0 aliphatic heterocycles. The molecule has 0 aliphatic carbocycles. The van der Waals surface area contributed by atoms with Crippen LogP contribution in [0.5, 0.6) is 5.75 Å². The van der Waals surface area contributed by atoms with Gasteiger partial charge in [0.25, 0.3) is 0 Å². The lowest BCUT2D eigenvalue weighted by molar-refractivity contribution is 0.239. The van der Waals surface area contributed by atoms with E-state index in [1.807, 2.05) is 44.2 Å². The molecule has 2 aromatic rings. The van der Waals surface area contributed by atoms with Crippen LogP contribution in [0.1, 0.15) is 25.0 Å². The van der Waals surface area contributed by atoms with Gasteiger partial charge in [-0.15, -0.1) is 0 Å². The van der Waals surface area contributed by atoms with Crippen molar-refractivity contribution in [1.29, 1.82) is 0 Å². The van der Waals surface area contributed by atoms with Crippen LogP contribution in [0.25, 0.3) is 0 Å². The van der Waals surface area contributed by atoms with E-state index in [2.05, 4.69) is 21.2 Å². The van der Waals surface area contributed by atoms with Gasteiger partial charge in [-0.2, -0.15) is 0 Å². The van der Waals surface area contributed by atoms with Crippen molar-refractivity contribution in [3.05, 3.63) is 63.9 Å². The maximum atomic E-state index is 13.5. The Hall–Kier alpha value is -1.39. The normalized spacial score (nSPS) is 11.0. The van der Waals surface area contributed by atoms with E-state index < -0.39 is 0 Å². The van der Waals surface area contributed by atoms with Crippen LogP contribution < -0.4 is 10.1 Å². The van der Waals surface area contributed by atoms with E-state index >= 15 is 0 Å². The van der Waals surface area contributed by atoms with Crippen LogP contribution in [0, 0.1) is 5.82 Å². The molecule has 0 spiro atoms. The lowest BCUT2D eigenvalue weighted by atomic mass is 10.1. The number of rotatable bonds is 7. The second-order valence-corrected chi connectivity index (χ2v) is 6.35. The van der Waals surface area contributed by atoms with E-state index in [9.17, 15) is 4.39 Å². The summed E-state index contributed by atoms with van der Waals surface area (Å²) >= 11 is 3.48. The first kappa shape index (κ1) is 17.0. The van der Waals surface area contributed by atoms with Crippen LogP contribution in [0.4, 0.5) is 4.39 Å². The fraction of sp³-hybridized carbons (Fsp3) is 0.333. The minimum absolute atomic E-state index is 0.137. The van der Waals surface area contributed by atoms with E-state index in [0.29, 0.717) is 19.5 Å². The Morgan fingerprint density at radius 2 is 1.91 bits per heavy atom. The molecule has 118 valence electrons. The third kappa shape index (κ3) is 5.11. The van der Waals surface area contributed by atoms with Crippen LogP contribution in [0.3, 0.4) is 0 Å². The predicted molar refractivity (Wildman–Crippen MR) is 91.7 cm³/mol. The fourth-order valence-electron chi connectivity index (χ4n) is 2.20. The van der Waals surface area contributed by atoms with E-state index in [1.165, 1.54) is 6.07 Å². The molecular formula is C18H21BrFNO. The van der Waals surface area contributed by atoms with Gasteiger partial charge in [0.15, 0.2) is 0 Å². The maximum Gasteiger partial charge on any atom is 0.126 e. The Morgan fingerprint density at radius 1 is 1.14 bits per heavy atom. The quantitative estimate of drug-likeness (QED) is 0.717. The lowest BCUT2D eigenvalue weighted by Gasteiger charge is -2.15. The second-order valence-electron chi connectivity index (χ2n) is 5.44. The maximum absolute atomic E-state index is 13.5. The predicted octanol–water partition coefficient (Wildman–Crippen LogP) is 4.71. The number of hydrogen-bond acceptors (Lipinski definition) is 2. The van der Waals surface area contributed by atoms with Crippen LogP contribution in [0.2, 0.25) is 0 Å². The zero-order valence-electron chi connectivity index (χ0n) is 12.9. The highest BCUT2D eigenvalue weighted by molar-refractivity contribution is 9.10. The number of benzene rings is 2. The first-order valence-corrected chi connectivity index (χ1v) is 8.25. The first-order chi connectivity index (χ1) is 10.6. The molecule has 0 atom stereocenters. The second kappa shape index (κ2) is 8.30. The molecular weight excluding hydrogens is 345 g/mol. The van der Waals surface area contributed by atoms with Gasteiger partial charge in [-0.25, -0.2) is 4.39 Å². The Morgan fingerprint density at radius 3 is 2.64 bits per heavy atom. The Balaban J connectivity index is 1.91. The standard InChI is InChI=1S/C18H21BrFNO/c1-13(2)22-18-8-7-16(19)11-15(18)12-21-10-9-14-5-3-4-6-17(14)20/h3-8,11,13,21H,9-10,12H2,1-2H3. The smallest absolute Gasteiger partial charge is 0.126 e. The van der Waals surface area contributed by atoms with Crippen molar-refractivity contribution in [2.45, 2.75) is 32.9 Å². The highest BCUT2D eigenvalue weighted by atomic mass is 79.9. The van der Waals surface area contributed by atoms with Gasteiger partial charge >= 0.3 is 0 Å². The average Bonchev–Trinajstić information content (AvgIpc) is 2.47. The molecule has 2 nitrogen and oxygen atoms in total. The zero-order chi connectivity index (χ0) is 15.9. The van der Waals surface area contributed by atoms with Crippen molar-refractivity contribution in [3.63, 3.8) is 0 Å². The molecule has 0 bridgehead atoms. The molecule has 0 saturated carbocycles. The molecule has 0 heterocycles. The van der Waals surface area contributed by atoms with E-state index in [0.717, 1.165) is 21.3 Å². The number of nitrogens with one attached hydrogen (secondary N) is 1. The molecule has 0 aromatic heterocycles. The van der Waals surface area contributed by atoms with Crippen molar-refractivity contribution in [2.75, 3.05) is 6.54 Å². The van der Waals surface area contributed by atoms with Gasteiger partial charge in [0.2, 0.25) is 0 Å². The van der Waals surface area contributed by atoms with Gasteiger partial charge in [-0.3, -0.25) is 0 Å². The Kier molecular flexibility index (Phi) is 6.40. The van der Waals surface area contributed by atoms with Crippen LogP contribution in [-0.4, -0.2) is 12.6 Å². The summed E-state index contributed by atoms with van der Waals surface area (Å²) in [4.78, 5) is 0. The number of hydrogen-bond donors (Lipinski definition) is 1. The lowest BCUT2D eigenvalue weighted by Crippen LogP contribution is -2.18. The summed E-state index contributed by atoms with van der Waals surface area (Å²) in [5, 5.41) is 3.35. The van der Waals surface area contributed by atoms with Crippen LogP contribution in [0.15, 0.2) is 46.9 Å². The summed E-state index contributed by atoms with van der Waals surface area (Å²) in [6.07, 6.45) is 0.805. The molecule has 0 radical (unpaired) electrons. The topological polar surface area (TPSA) is 21.3 Å². The Labute approximate surface area is 139 Å². The van der Waals surface area contributed by atoms with E-state index in [4.69, 9.17) is 4.74 Å². The molecule has 4 heteroatoms. The fourth-order valence-corrected chi connectivity index (χ4v) is 2.61. The summed E-state index contributed by atoms with van der Waals surface area (Å²) in [5.41, 5.74) is 1.83. The highest BCUT2D eigenvalue weighted by Crippen LogP contribution is 2.24. The molecule has 22 heavy (non-hydrogen) atoms. The van der Waals surface area contributed by atoms with E-state index in [1.54, 1.807) is 6.07 Å². The number of halogens is 2. The molecule has 1 N–H and O–H groups in total. The van der Waals surface area contributed by atoms with Crippen molar-refractivity contribution < 1.29 is 9.13 Å². The molecule has 0 amide bonds. The van der Waals surface area contributed by atoms with Crippen LogP contribution in [-0.2, 0) is 13.0 Å². The summed E-state index contributed by atoms with van der Waals surface area (Å²) in [6, 6.07) is 12.9. The molecule has 0 aliphatic rings. The van der Waals surface area contributed by atoms with Gasteiger partial charge < -0.3 is 10.1 Å². The van der Waals surface area contributed by atoms with Gasteiger partial charge in [-0.1, -0.05) is 34.1 Å². The highest BCUT2D eigenvalue weighted by Gasteiger charge is 2.07. The summed E-state index contributed by atoms with van der Waals surface area (Å²) < 4.78 is 20.4. The van der Waals surface area contributed by atoms with Crippen molar-refractivity contribution in [3.8, 4) is 5.75 Å². The molecule has 0 fully saturated rings. The minimum atomic E-state index is -0.143. The van der Waals surface area contributed by atoms with Gasteiger partial charge in [-0.05, 0) is 56.6 Å². The van der Waals surface area contributed by atoms with Crippen LogP contribution >= 0.6 is 15.9 Å². The van der Waals surface area contributed by atoms with Crippen molar-refractivity contribution in [2.24, 2.45) is 0 Å². The monoisotopic (exact) mass is 365 g/mol. The first-order valence-electron chi connectivity index (χ1n) is 7.45. The summed E-state index contributed by atoms with van der Waals surface area (Å²) in [6.45, 7) is 5.43.